The van der Waals surface area contributed by atoms with E-state index < -0.39 is 59.6 Å². The molecule has 4 heterocycles. The zero-order chi connectivity index (χ0) is 51.4. The topological polar surface area (TPSA) is 183 Å². The van der Waals surface area contributed by atoms with Gasteiger partial charge in [0.15, 0.2) is 0 Å². The number of carbonyl (C=O) groups excluding carboxylic acids is 6. The molecule has 6 rings (SSSR count). The Kier molecular flexibility index (Phi) is 26.5. The summed E-state index contributed by atoms with van der Waals surface area (Å²) in [6, 6.07) is 10.9. The van der Waals surface area contributed by atoms with E-state index in [0.717, 1.165) is 29.1 Å². The summed E-state index contributed by atoms with van der Waals surface area (Å²) in [6.45, 7) is 23.6. The molecule has 4 aliphatic heterocycles. The van der Waals surface area contributed by atoms with Gasteiger partial charge in [0.05, 0.1) is 42.9 Å². The molecule has 0 aliphatic carbocycles. The monoisotopic (exact) mass is 1450 g/mol. The van der Waals surface area contributed by atoms with Crippen LogP contribution in [0.2, 0.25) is 0 Å². The Labute approximate surface area is 500 Å². The molecule has 0 N–H and O–H groups in total. The van der Waals surface area contributed by atoms with Crippen LogP contribution in [0.25, 0.3) is 0 Å². The zero-order valence-corrected chi connectivity index (χ0v) is 51.6. The van der Waals surface area contributed by atoms with Crippen LogP contribution in [0.1, 0.15) is 45.7 Å². The summed E-state index contributed by atoms with van der Waals surface area (Å²) >= 11 is 6.79. The summed E-state index contributed by atoms with van der Waals surface area (Å²) in [5, 5.41) is 0. The molecule has 16 nitrogen and oxygen atoms in total. The Morgan fingerprint density at radius 2 is 1.03 bits per heavy atom. The molecule has 6 unspecified atom stereocenters. The Morgan fingerprint density at radius 1 is 0.653 bits per heavy atom. The summed E-state index contributed by atoms with van der Waals surface area (Å²) in [7, 11) is 0. The van der Waals surface area contributed by atoms with Crippen molar-refractivity contribution in [2.45, 2.75) is 57.6 Å². The first-order chi connectivity index (χ1) is 33.6. The molecule has 2 saturated heterocycles. The fourth-order valence-electron chi connectivity index (χ4n) is 8.84. The third kappa shape index (κ3) is 13.9. The minimum atomic E-state index is -0.761. The fraction of sp³-hybridized carbons (Fsp3) is 0.412. The van der Waals surface area contributed by atoms with Crippen LogP contribution in [-0.4, -0.2) is 97.2 Å². The van der Waals surface area contributed by atoms with Crippen molar-refractivity contribution >= 4 is 103 Å². The summed E-state index contributed by atoms with van der Waals surface area (Å²) < 4.78 is 25.7. The molecule has 0 saturated carbocycles. The number of fused-ring (bicyclic) bond motifs is 2. The van der Waals surface area contributed by atoms with Crippen molar-refractivity contribution in [3.63, 3.8) is 0 Å². The van der Waals surface area contributed by atoms with Gasteiger partial charge >= 0.3 is 53.4 Å². The smallest absolute Gasteiger partial charge is 1.00 e. The molecule has 72 heavy (non-hydrogen) atoms. The van der Waals surface area contributed by atoms with Crippen molar-refractivity contribution in [3.05, 3.63) is 128 Å². The zero-order valence-electron chi connectivity index (χ0n) is 41.0. The average Bonchev–Trinajstić information content (AvgIpc) is 3.75. The average molecular weight is 1450 g/mol. The molecule has 8 atom stereocenters. The van der Waals surface area contributed by atoms with E-state index in [9.17, 15) is 28.8 Å². The number of benzene rings is 2. The molecule has 0 aromatic heterocycles. The predicted octanol–water partition coefficient (Wildman–Crippen LogP) is 2.36. The SMILES string of the molecule is C=CCOOC(=O)C(C)C1C(=O)N2C(C(=O)OCC=C)=C(COc3cccc(CC)c3I)[C@H](C)C12.C=CCOOC(=O)C(C)C1C(=O)N2C(C(=O)OCC=C)=C(COc3cccc(CI)c3I)[C@H](C)C12.[I-].[Na+]. The number of rotatable bonds is 24. The second kappa shape index (κ2) is 30.0. The number of ether oxygens (including phenoxy) is 4. The molecule has 0 bridgehead atoms. The molecule has 2 aromatic carbocycles. The number of halogens is 4. The Bertz CT molecular complexity index is 2280. The predicted molar refractivity (Wildman–Crippen MR) is 282 cm³/mol. The molecular weight excluding hydrogens is 1400 g/mol. The standard InChI is InChI=1S/C26H30INO7.C25H27I2NO7.HI.Na/c1-6-12-32-26(31)23-18(14-33-19-11-9-10-17(8-3)21(19)27)15(4)22-20(24(29)28(22)23)16(5)25(30)35-34-13-7-2;1-5-10-32-25(31)22-17(13-33-18-9-7-8-16(12-26)20(18)27)14(3)21-19(23(29)28(21)22)15(4)24(30)35-34-11-6-2;;/h6-7,9-11,15-16,20,22H,1-2,8,12-14H2,3-5H3;5-9,14-15,19,21H,1-2,10-13H2,3-4H3;1H;/q;;;+1/p-1/t15-,16?,20?,22?;14-,15?,19?,21?;;/m00../s1. The molecule has 0 radical (unpaired) electrons. The molecular formula is C51H57I4N2NaO14. The first-order valence-corrected chi connectivity index (χ1v) is 26.2. The molecule has 4 aliphatic rings. The number of esters is 2. The second-order valence-electron chi connectivity index (χ2n) is 16.6. The van der Waals surface area contributed by atoms with Gasteiger partial charge in [0.25, 0.3) is 0 Å². The van der Waals surface area contributed by atoms with E-state index >= 15 is 0 Å². The van der Waals surface area contributed by atoms with Gasteiger partial charge in [-0.05, 0) is 74.9 Å². The quantitative estimate of drug-likeness (QED) is 0.0172. The van der Waals surface area contributed by atoms with E-state index in [-0.39, 0.29) is 128 Å². The molecule has 0 spiro atoms. The molecule has 384 valence electrons. The number of hydrogen-bond donors (Lipinski definition) is 0. The van der Waals surface area contributed by atoms with E-state index in [2.05, 4.69) is 101 Å². The number of aryl methyl sites for hydroxylation is 1. The van der Waals surface area contributed by atoms with Gasteiger partial charge < -0.3 is 52.7 Å². The van der Waals surface area contributed by atoms with Crippen molar-refractivity contribution in [3.8, 4) is 11.5 Å². The van der Waals surface area contributed by atoms with Crippen molar-refractivity contribution < 1.29 is 121 Å². The van der Waals surface area contributed by atoms with Crippen LogP contribution in [0, 0.1) is 42.6 Å². The molecule has 2 amide bonds. The van der Waals surface area contributed by atoms with Crippen LogP contribution in [0.15, 0.2) is 110 Å². The number of hydrogen-bond acceptors (Lipinski definition) is 14. The Morgan fingerprint density at radius 3 is 1.39 bits per heavy atom. The fourth-order valence-corrected chi connectivity index (χ4v) is 11.8. The Balaban J connectivity index is 0.000000370. The van der Waals surface area contributed by atoms with Crippen LogP contribution in [0.3, 0.4) is 0 Å². The molecule has 21 heteroatoms. The number of amides is 2. The van der Waals surface area contributed by atoms with Crippen LogP contribution in [0.5, 0.6) is 11.5 Å². The van der Waals surface area contributed by atoms with Gasteiger partial charge in [0.1, 0.15) is 62.5 Å². The first-order valence-electron chi connectivity index (χ1n) is 22.5. The van der Waals surface area contributed by atoms with Gasteiger partial charge in [-0.3, -0.25) is 19.4 Å². The first kappa shape index (κ1) is 63.4. The number of β-lactam (4-membered cyclic amide) rings is 2. The molecule has 2 fully saturated rings. The largest absolute Gasteiger partial charge is 1.00 e. The van der Waals surface area contributed by atoms with Gasteiger partial charge in [-0.1, -0.05) is 119 Å². The Hall–Kier alpha value is -2.86. The second-order valence-corrected chi connectivity index (χ2v) is 19.5. The third-order valence-electron chi connectivity index (χ3n) is 12.5. The minimum absolute atomic E-state index is 0. The maximum Gasteiger partial charge on any atom is 1.00 e. The van der Waals surface area contributed by atoms with E-state index in [1.165, 1.54) is 34.1 Å². The summed E-state index contributed by atoms with van der Waals surface area (Å²) in [5.74, 6) is -5.12. The summed E-state index contributed by atoms with van der Waals surface area (Å²) in [5.41, 5.74) is 3.96. The van der Waals surface area contributed by atoms with Crippen molar-refractivity contribution in [1.82, 2.24) is 9.80 Å². The minimum Gasteiger partial charge on any atom is -1.00 e. The number of carbonyl (C=O) groups is 6. The third-order valence-corrected chi connectivity index (χ3v) is 15.8. The van der Waals surface area contributed by atoms with Crippen LogP contribution in [-0.2, 0) is 68.6 Å². The van der Waals surface area contributed by atoms with E-state index in [4.69, 9.17) is 38.5 Å². The summed E-state index contributed by atoms with van der Waals surface area (Å²) in [4.78, 5) is 99.2. The van der Waals surface area contributed by atoms with Crippen molar-refractivity contribution in [1.29, 1.82) is 0 Å². The van der Waals surface area contributed by atoms with Gasteiger partial charge in [0.2, 0.25) is 11.8 Å². The van der Waals surface area contributed by atoms with Gasteiger partial charge in [0, 0.05) is 27.4 Å². The van der Waals surface area contributed by atoms with Crippen LogP contribution in [0.4, 0.5) is 0 Å². The van der Waals surface area contributed by atoms with Gasteiger partial charge in [-0.2, -0.15) is 9.78 Å². The van der Waals surface area contributed by atoms with E-state index in [1.807, 2.05) is 50.2 Å². The van der Waals surface area contributed by atoms with Crippen LogP contribution < -0.4 is 63.0 Å². The maximum absolute atomic E-state index is 13.2. The number of alkyl halides is 1. The normalized spacial score (nSPS) is 21.1. The maximum atomic E-state index is 13.2. The van der Waals surface area contributed by atoms with Crippen molar-refractivity contribution in [2.24, 2.45) is 35.5 Å². The van der Waals surface area contributed by atoms with Crippen LogP contribution >= 0.6 is 67.8 Å². The van der Waals surface area contributed by atoms with Gasteiger partial charge in [-0.25, -0.2) is 19.2 Å². The van der Waals surface area contributed by atoms with Gasteiger partial charge in [-0.15, -0.1) is 13.2 Å². The molecule has 2 aromatic rings. The van der Waals surface area contributed by atoms with E-state index in [0.29, 0.717) is 22.6 Å². The number of nitrogens with zero attached hydrogens (tertiary/aromatic N) is 2. The summed E-state index contributed by atoms with van der Waals surface area (Å²) in [6.07, 6.45) is 6.68. The van der Waals surface area contributed by atoms with E-state index in [1.54, 1.807) is 13.8 Å². The van der Waals surface area contributed by atoms with Crippen molar-refractivity contribution in [2.75, 3.05) is 39.6 Å².